The standard InChI is InChI=1S/C16H19N3O2/c1-12-7-18-15(8-17-12)10-19-4-5-21-16-3-2-13(11-20)6-14(16)9-19/h2-3,6-8,20H,4-5,9-11H2,1H3. The van der Waals surface area contributed by atoms with Gasteiger partial charge in [-0.3, -0.25) is 14.9 Å². The van der Waals surface area contributed by atoms with E-state index in [9.17, 15) is 5.11 Å². The molecule has 2 aromatic rings. The predicted molar refractivity (Wildman–Crippen MR) is 78.7 cm³/mol. The van der Waals surface area contributed by atoms with E-state index in [0.29, 0.717) is 6.61 Å². The van der Waals surface area contributed by atoms with E-state index in [-0.39, 0.29) is 6.61 Å². The highest BCUT2D eigenvalue weighted by Crippen LogP contribution is 2.25. The van der Waals surface area contributed by atoms with Gasteiger partial charge in [0.15, 0.2) is 0 Å². The summed E-state index contributed by atoms with van der Waals surface area (Å²) >= 11 is 0. The average Bonchev–Trinajstić information content (AvgIpc) is 2.70. The van der Waals surface area contributed by atoms with Crippen LogP contribution in [0.5, 0.6) is 5.75 Å². The van der Waals surface area contributed by atoms with Crippen molar-refractivity contribution in [3.8, 4) is 5.75 Å². The van der Waals surface area contributed by atoms with Crippen LogP contribution in [0.4, 0.5) is 0 Å². The molecule has 0 saturated heterocycles. The maximum absolute atomic E-state index is 9.26. The quantitative estimate of drug-likeness (QED) is 0.929. The largest absolute Gasteiger partial charge is 0.492 e. The Hall–Kier alpha value is -1.98. The van der Waals surface area contributed by atoms with Gasteiger partial charge in [0.25, 0.3) is 0 Å². The second-order valence-corrected chi connectivity index (χ2v) is 5.31. The van der Waals surface area contributed by atoms with E-state index < -0.39 is 0 Å². The molecule has 1 aromatic heterocycles. The number of aromatic nitrogens is 2. The molecule has 0 atom stereocenters. The number of aliphatic hydroxyl groups excluding tert-OH is 1. The zero-order valence-corrected chi connectivity index (χ0v) is 12.1. The number of benzene rings is 1. The number of ether oxygens (including phenoxy) is 1. The SMILES string of the molecule is Cc1cnc(CN2CCOc3ccc(CO)cc3C2)cn1. The van der Waals surface area contributed by atoms with Crippen LogP contribution in [0.2, 0.25) is 0 Å². The van der Waals surface area contributed by atoms with Gasteiger partial charge in [-0.2, -0.15) is 0 Å². The fourth-order valence-electron chi connectivity index (χ4n) is 2.47. The molecule has 0 saturated carbocycles. The van der Waals surface area contributed by atoms with Crippen molar-refractivity contribution in [2.45, 2.75) is 26.6 Å². The zero-order chi connectivity index (χ0) is 14.7. The normalized spacial score (nSPS) is 15.1. The predicted octanol–water partition coefficient (Wildman–Crippen LogP) is 1.67. The van der Waals surface area contributed by atoms with Crippen LogP contribution in [0, 0.1) is 6.92 Å². The van der Waals surface area contributed by atoms with Crippen molar-refractivity contribution >= 4 is 0 Å². The molecule has 0 spiro atoms. The third kappa shape index (κ3) is 3.37. The van der Waals surface area contributed by atoms with Crippen LogP contribution in [-0.4, -0.2) is 33.1 Å². The van der Waals surface area contributed by atoms with Crippen molar-refractivity contribution in [2.24, 2.45) is 0 Å². The highest BCUT2D eigenvalue weighted by Gasteiger charge is 2.16. The molecule has 1 aliphatic heterocycles. The lowest BCUT2D eigenvalue weighted by molar-refractivity contribution is 0.217. The van der Waals surface area contributed by atoms with Crippen LogP contribution in [0.15, 0.2) is 30.6 Å². The highest BCUT2D eigenvalue weighted by molar-refractivity contribution is 5.37. The lowest BCUT2D eigenvalue weighted by Gasteiger charge is -2.18. The van der Waals surface area contributed by atoms with E-state index in [4.69, 9.17) is 4.74 Å². The van der Waals surface area contributed by atoms with Gasteiger partial charge >= 0.3 is 0 Å². The summed E-state index contributed by atoms with van der Waals surface area (Å²) in [5.74, 6) is 0.907. The van der Waals surface area contributed by atoms with Gasteiger partial charge in [-0.1, -0.05) is 6.07 Å². The first kappa shape index (κ1) is 14.0. The smallest absolute Gasteiger partial charge is 0.123 e. The van der Waals surface area contributed by atoms with Crippen molar-refractivity contribution in [1.82, 2.24) is 14.9 Å². The minimum absolute atomic E-state index is 0.0523. The Balaban J connectivity index is 1.76. The molecular weight excluding hydrogens is 266 g/mol. The summed E-state index contributed by atoms with van der Waals surface area (Å²) in [5.41, 5.74) is 3.91. The Bertz CT molecular complexity index is 613. The summed E-state index contributed by atoms with van der Waals surface area (Å²) in [6, 6.07) is 5.85. The fourth-order valence-corrected chi connectivity index (χ4v) is 2.47. The van der Waals surface area contributed by atoms with Crippen molar-refractivity contribution in [1.29, 1.82) is 0 Å². The van der Waals surface area contributed by atoms with E-state index in [1.54, 1.807) is 6.20 Å². The lowest BCUT2D eigenvalue weighted by Crippen LogP contribution is -2.25. The minimum atomic E-state index is 0.0523. The number of aryl methyl sites for hydroxylation is 1. The van der Waals surface area contributed by atoms with Crippen molar-refractivity contribution in [3.05, 3.63) is 53.1 Å². The molecule has 21 heavy (non-hydrogen) atoms. The average molecular weight is 285 g/mol. The van der Waals surface area contributed by atoms with Gasteiger partial charge in [0, 0.05) is 37.6 Å². The number of hydrogen-bond acceptors (Lipinski definition) is 5. The highest BCUT2D eigenvalue weighted by atomic mass is 16.5. The van der Waals surface area contributed by atoms with Crippen LogP contribution in [0.25, 0.3) is 0 Å². The number of aliphatic hydroxyl groups is 1. The van der Waals surface area contributed by atoms with E-state index in [0.717, 1.165) is 47.9 Å². The van der Waals surface area contributed by atoms with E-state index in [1.165, 1.54) is 0 Å². The Morgan fingerprint density at radius 3 is 2.95 bits per heavy atom. The first-order valence-corrected chi connectivity index (χ1v) is 7.10. The van der Waals surface area contributed by atoms with Gasteiger partial charge in [-0.05, 0) is 24.6 Å². The van der Waals surface area contributed by atoms with Crippen molar-refractivity contribution in [2.75, 3.05) is 13.2 Å². The molecule has 2 heterocycles. The third-order valence-electron chi connectivity index (χ3n) is 3.59. The Morgan fingerprint density at radius 1 is 1.29 bits per heavy atom. The van der Waals surface area contributed by atoms with Crippen molar-refractivity contribution in [3.63, 3.8) is 0 Å². The number of hydrogen-bond donors (Lipinski definition) is 1. The molecule has 5 heteroatoms. The second kappa shape index (κ2) is 6.20. The summed E-state index contributed by atoms with van der Waals surface area (Å²) in [6.45, 7) is 5.03. The zero-order valence-electron chi connectivity index (χ0n) is 12.1. The maximum atomic E-state index is 9.26. The molecule has 0 unspecified atom stereocenters. The van der Waals surface area contributed by atoms with E-state index >= 15 is 0 Å². The van der Waals surface area contributed by atoms with Gasteiger partial charge in [-0.15, -0.1) is 0 Å². The molecule has 0 bridgehead atoms. The first-order valence-electron chi connectivity index (χ1n) is 7.10. The van der Waals surface area contributed by atoms with Crippen LogP contribution in [0.1, 0.15) is 22.5 Å². The summed E-state index contributed by atoms with van der Waals surface area (Å²) in [7, 11) is 0. The molecular formula is C16H19N3O2. The number of fused-ring (bicyclic) bond motifs is 1. The molecule has 1 aliphatic rings. The molecule has 3 rings (SSSR count). The van der Waals surface area contributed by atoms with Gasteiger partial charge in [0.1, 0.15) is 12.4 Å². The molecule has 0 radical (unpaired) electrons. The summed E-state index contributed by atoms with van der Waals surface area (Å²) < 4.78 is 5.78. The summed E-state index contributed by atoms with van der Waals surface area (Å²) in [4.78, 5) is 11.0. The van der Waals surface area contributed by atoms with Gasteiger partial charge < -0.3 is 9.84 Å². The Kier molecular flexibility index (Phi) is 4.13. The Morgan fingerprint density at radius 2 is 2.19 bits per heavy atom. The van der Waals surface area contributed by atoms with E-state index in [2.05, 4.69) is 14.9 Å². The third-order valence-corrected chi connectivity index (χ3v) is 3.59. The lowest BCUT2D eigenvalue weighted by atomic mass is 10.1. The summed E-state index contributed by atoms with van der Waals surface area (Å²) in [6.07, 6.45) is 3.62. The molecule has 1 aromatic carbocycles. The topological polar surface area (TPSA) is 58.5 Å². The number of nitrogens with zero attached hydrogens (tertiary/aromatic N) is 3. The Labute approximate surface area is 124 Å². The maximum Gasteiger partial charge on any atom is 0.123 e. The first-order chi connectivity index (χ1) is 10.2. The molecule has 0 aliphatic carbocycles. The molecule has 1 N–H and O–H groups in total. The van der Waals surface area contributed by atoms with Crippen LogP contribution in [-0.2, 0) is 19.7 Å². The molecule has 0 amide bonds. The van der Waals surface area contributed by atoms with Gasteiger partial charge in [0.05, 0.1) is 18.0 Å². The molecule has 5 nitrogen and oxygen atoms in total. The summed E-state index contributed by atoms with van der Waals surface area (Å²) in [5, 5.41) is 9.26. The number of rotatable bonds is 3. The molecule has 110 valence electrons. The van der Waals surface area contributed by atoms with Crippen molar-refractivity contribution < 1.29 is 9.84 Å². The van der Waals surface area contributed by atoms with E-state index in [1.807, 2.05) is 31.3 Å². The van der Waals surface area contributed by atoms with Crippen LogP contribution < -0.4 is 4.74 Å². The van der Waals surface area contributed by atoms with Crippen LogP contribution in [0.3, 0.4) is 0 Å². The fraction of sp³-hybridized carbons (Fsp3) is 0.375. The minimum Gasteiger partial charge on any atom is -0.492 e. The monoisotopic (exact) mass is 285 g/mol. The molecule has 0 fully saturated rings. The van der Waals surface area contributed by atoms with Crippen LogP contribution >= 0.6 is 0 Å². The van der Waals surface area contributed by atoms with Gasteiger partial charge in [0.2, 0.25) is 0 Å². The van der Waals surface area contributed by atoms with Gasteiger partial charge in [-0.25, -0.2) is 0 Å². The second-order valence-electron chi connectivity index (χ2n) is 5.31.